The molecular formula is C17H18BrNO2. The zero-order valence-electron chi connectivity index (χ0n) is 12.1. The third-order valence-electron chi connectivity index (χ3n) is 3.11. The number of hydrogen-bond acceptors (Lipinski definition) is 2. The summed E-state index contributed by atoms with van der Waals surface area (Å²) in [5.41, 5.74) is 2.17. The Morgan fingerprint density at radius 3 is 2.62 bits per heavy atom. The van der Waals surface area contributed by atoms with E-state index in [0.29, 0.717) is 5.75 Å². The minimum Gasteiger partial charge on any atom is -0.484 e. The number of benzene rings is 2. The van der Waals surface area contributed by atoms with Crippen LogP contribution in [0.2, 0.25) is 0 Å². The molecule has 2 rings (SSSR count). The SMILES string of the molecule is Cc1cccc(OCC(=O)N[C@@H](C)c2ccc(Br)cc2)c1. The van der Waals surface area contributed by atoms with Crippen LogP contribution < -0.4 is 10.1 Å². The van der Waals surface area contributed by atoms with Gasteiger partial charge in [0.1, 0.15) is 5.75 Å². The topological polar surface area (TPSA) is 38.3 Å². The standard InChI is InChI=1S/C17H18BrNO2/c1-12-4-3-5-16(10-12)21-11-17(20)19-13(2)14-6-8-15(18)9-7-14/h3-10,13H,11H2,1-2H3,(H,19,20)/t13-/m0/s1. The molecule has 2 aromatic rings. The first-order chi connectivity index (χ1) is 10.0. The lowest BCUT2D eigenvalue weighted by molar-refractivity contribution is -0.123. The molecule has 0 fully saturated rings. The maximum Gasteiger partial charge on any atom is 0.258 e. The number of amides is 1. The van der Waals surface area contributed by atoms with Gasteiger partial charge in [-0.1, -0.05) is 40.2 Å². The Kier molecular flexibility index (Phi) is 5.39. The molecule has 0 bridgehead atoms. The minimum absolute atomic E-state index is 0.0182. The molecule has 3 nitrogen and oxygen atoms in total. The van der Waals surface area contributed by atoms with E-state index in [2.05, 4.69) is 21.2 Å². The summed E-state index contributed by atoms with van der Waals surface area (Å²) in [6.45, 7) is 3.96. The van der Waals surface area contributed by atoms with E-state index in [4.69, 9.17) is 4.74 Å². The fraction of sp³-hybridized carbons (Fsp3) is 0.235. The number of halogens is 1. The van der Waals surface area contributed by atoms with E-state index < -0.39 is 0 Å². The van der Waals surface area contributed by atoms with Crippen LogP contribution >= 0.6 is 15.9 Å². The van der Waals surface area contributed by atoms with E-state index in [-0.39, 0.29) is 18.6 Å². The highest BCUT2D eigenvalue weighted by atomic mass is 79.9. The fourth-order valence-corrected chi connectivity index (χ4v) is 2.24. The van der Waals surface area contributed by atoms with Crippen LogP contribution in [0.5, 0.6) is 5.75 Å². The van der Waals surface area contributed by atoms with Crippen LogP contribution in [0.25, 0.3) is 0 Å². The largest absolute Gasteiger partial charge is 0.484 e. The third-order valence-corrected chi connectivity index (χ3v) is 3.64. The molecule has 1 atom stereocenters. The van der Waals surface area contributed by atoms with E-state index in [1.54, 1.807) is 0 Å². The Bertz CT molecular complexity index is 610. The second kappa shape index (κ2) is 7.27. The molecular weight excluding hydrogens is 330 g/mol. The quantitative estimate of drug-likeness (QED) is 0.887. The van der Waals surface area contributed by atoms with E-state index in [9.17, 15) is 4.79 Å². The van der Waals surface area contributed by atoms with E-state index >= 15 is 0 Å². The molecule has 0 aliphatic rings. The van der Waals surface area contributed by atoms with Crippen molar-refractivity contribution >= 4 is 21.8 Å². The Morgan fingerprint density at radius 1 is 1.24 bits per heavy atom. The van der Waals surface area contributed by atoms with Crippen molar-refractivity contribution in [3.63, 3.8) is 0 Å². The van der Waals surface area contributed by atoms with Crippen molar-refractivity contribution in [2.75, 3.05) is 6.61 Å². The molecule has 0 aliphatic heterocycles. The van der Waals surface area contributed by atoms with Gasteiger partial charge in [0.2, 0.25) is 0 Å². The van der Waals surface area contributed by atoms with Crippen molar-refractivity contribution in [1.82, 2.24) is 5.32 Å². The number of carbonyl (C=O) groups excluding carboxylic acids is 1. The first kappa shape index (κ1) is 15.6. The summed E-state index contributed by atoms with van der Waals surface area (Å²) in [5.74, 6) is 0.577. The van der Waals surface area contributed by atoms with Crippen molar-refractivity contribution < 1.29 is 9.53 Å². The number of aryl methyl sites for hydroxylation is 1. The molecule has 1 N–H and O–H groups in total. The zero-order valence-corrected chi connectivity index (χ0v) is 13.7. The lowest BCUT2D eigenvalue weighted by atomic mass is 10.1. The van der Waals surface area contributed by atoms with Crippen molar-refractivity contribution in [2.45, 2.75) is 19.9 Å². The summed E-state index contributed by atoms with van der Waals surface area (Å²) in [7, 11) is 0. The highest BCUT2D eigenvalue weighted by Gasteiger charge is 2.10. The predicted octanol–water partition coefficient (Wildman–Crippen LogP) is 4.01. The molecule has 0 unspecified atom stereocenters. The highest BCUT2D eigenvalue weighted by molar-refractivity contribution is 9.10. The van der Waals surface area contributed by atoms with Crippen LogP contribution in [0, 0.1) is 6.92 Å². The normalized spacial score (nSPS) is 11.8. The van der Waals surface area contributed by atoms with Crippen LogP contribution in [0.15, 0.2) is 53.0 Å². The summed E-state index contributed by atoms with van der Waals surface area (Å²) in [6, 6.07) is 15.5. The number of ether oxygens (including phenoxy) is 1. The second-order valence-electron chi connectivity index (χ2n) is 4.95. The average molecular weight is 348 g/mol. The van der Waals surface area contributed by atoms with E-state index in [1.165, 1.54) is 0 Å². The molecule has 1 amide bonds. The first-order valence-corrected chi connectivity index (χ1v) is 7.58. The maximum atomic E-state index is 11.9. The number of rotatable bonds is 5. The van der Waals surface area contributed by atoms with Crippen LogP contribution in [0.1, 0.15) is 24.1 Å². The Hall–Kier alpha value is -1.81. The summed E-state index contributed by atoms with van der Waals surface area (Å²) < 4.78 is 6.51. The summed E-state index contributed by atoms with van der Waals surface area (Å²) >= 11 is 3.39. The van der Waals surface area contributed by atoms with Gasteiger partial charge in [0.15, 0.2) is 6.61 Å². The molecule has 0 aliphatic carbocycles. The summed E-state index contributed by atoms with van der Waals surface area (Å²) in [5, 5.41) is 2.92. The monoisotopic (exact) mass is 347 g/mol. The van der Waals surface area contributed by atoms with E-state index in [1.807, 2.05) is 62.4 Å². The Morgan fingerprint density at radius 2 is 1.95 bits per heavy atom. The Labute approximate surface area is 133 Å². The lowest BCUT2D eigenvalue weighted by Gasteiger charge is -2.15. The van der Waals surface area contributed by atoms with Crippen LogP contribution in [-0.2, 0) is 4.79 Å². The van der Waals surface area contributed by atoms with Gasteiger partial charge in [0.05, 0.1) is 6.04 Å². The van der Waals surface area contributed by atoms with Gasteiger partial charge in [0, 0.05) is 4.47 Å². The number of carbonyl (C=O) groups is 1. The molecule has 0 saturated heterocycles. The van der Waals surface area contributed by atoms with Gasteiger partial charge in [-0.05, 0) is 49.2 Å². The van der Waals surface area contributed by atoms with Crippen molar-refractivity contribution in [1.29, 1.82) is 0 Å². The third kappa shape index (κ3) is 4.90. The maximum absolute atomic E-state index is 11.9. The second-order valence-corrected chi connectivity index (χ2v) is 5.86. The first-order valence-electron chi connectivity index (χ1n) is 6.79. The highest BCUT2D eigenvalue weighted by Crippen LogP contribution is 2.16. The van der Waals surface area contributed by atoms with Crippen LogP contribution in [0.3, 0.4) is 0 Å². The molecule has 0 spiro atoms. The average Bonchev–Trinajstić information content (AvgIpc) is 2.46. The van der Waals surface area contributed by atoms with Crippen LogP contribution in [0.4, 0.5) is 0 Å². The Balaban J connectivity index is 1.85. The molecule has 0 heterocycles. The number of nitrogens with one attached hydrogen (secondary N) is 1. The van der Waals surface area contributed by atoms with Crippen LogP contribution in [-0.4, -0.2) is 12.5 Å². The van der Waals surface area contributed by atoms with E-state index in [0.717, 1.165) is 15.6 Å². The summed E-state index contributed by atoms with van der Waals surface area (Å²) in [4.78, 5) is 11.9. The lowest BCUT2D eigenvalue weighted by Crippen LogP contribution is -2.31. The van der Waals surface area contributed by atoms with Gasteiger partial charge in [-0.15, -0.1) is 0 Å². The fourth-order valence-electron chi connectivity index (χ4n) is 1.97. The molecule has 4 heteroatoms. The van der Waals surface area contributed by atoms with Gasteiger partial charge >= 0.3 is 0 Å². The zero-order chi connectivity index (χ0) is 15.2. The minimum atomic E-state index is -0.132. The van der Waals surface area contributed by atoms with Gasteiger partial charge in [0.25, 0.3) is 5.91 Å². The van der Waals surface area contributed by atoms with Crippen molar-refractivity contribution in [3.05, 3.63) is 64.1 Å². The van der Waals surface area contributed by atoms with Gasteiger partial charge < -0.3 is 10.1 Å². The molecule has 0 aromatic heterocycles. The molecule has 0 saturated carbocycles. The predicted molar refractivity (Wildman–Crippen MR) is 87.4 cm³/mol. The van der Waals surface area contributed by atoms with Crippen molar-refractivity contribution in [3.8, 4) is 5.75 Å². The molecule has 0 radical (unpaired) electrons. The smallest absolute Gasteiger partial charge is 0.258 e. The summed E-state index contributed by atoms with van der Waals surface area (Å²) in [6.07, 6.45) is 0. The number of hydrogen-bond donors (Lipinski definition) is 1. The molecule has 110 valence electrons. The van der Waals surface area contributed by atoms with Gasteiger partial charge in [-0.2, -0.15) is 0 Å². The van der Waals surface area contributed by atoms with Crippen molar-refractivity contribution in [2.24, 2.45) is 0 Å². The van der Waals surface area contributed by atoms with Gasteiger partial charge in [-0.25, -0.2) is 0 Å². The van der Waals surface area contributed by atoms with Gasteiger partial charge in [-0.3, -0.25) is 4.79 Å². The molecule has 2 aromatic carbocycles. The molecule has 21 heavy (non-hydrogen) atoms.